The molecule has 1 aromatic rings. The summed E-state index contributed by atoms with van der Waals surface area (Å²) in [6.07, 6.45) is -1.98. The van der Waals surface area contributed by atoms with Crippen LogP contribution in [0.25, 0.3) is 0 Å². The van der Waals surface area contributed by atoms with Crippen molar-refractivity contribution in [1.82, 2.24) is 16.2 Å². The average molecular weight is 390 g/mol. The molecule has 26 heavy (non-hydrogen) atoms. The van der Waals surface area contributed by atoms with E-state index in [-0.39, 0.29) is 11.5 Å². The third-order valence-electron chi connectivity index (χ3n) is 3.42. The Kier molecular flexibility index (Phi) is 9.00. The van der Waals surface area contributed by atoms with Gasteiger partial charge in [-0.2, -0.15) is 18.3 Å². The second-order valence-electron chi connectivity index (χ2n) is 5.49. The van der Waals surface area contributed by atoms with E-state index in [0.29, 0.717) is 24.2 Å². The highest BCUT2D eigenvalue weighted by atomic mass is 32.1. The molecule has 0 atom stereocenters. The first kappa shape index (κ1) is 21.8. The van der Waals surface area contributed by atoms with Gasteiger partial charge < -0.3 is 5.32 Å². The van der Waals surface area contributed by atoms with Crippen LogP contribution in [0.2, 0.25) is 0 Å². The van der Waals surface area contributed by atoms with Gasteiger partial charge in [-0.1, -0.05) is 18.6 Å². The van der Waals surface area contributed by atoms with Crippen LogP contribution < -0.4 is 16.2 Å². The van der Waals surface area contributed by atoms with Crippen molar-refractivity contribution in [2.45, 2.75) is 38.8 Å². The van der Waals surface area contributed by atoms with Crippen LogP contribution in [0.3, 0.4) is 0 Å². The zero-order valence-corrected chi connectivity index (χ0v) is 15.0. The van der Waals surface area contributed by atoms with E-state index >= 15 is 0 Å². The van der Waals surface area contributed by atoms with Gasteiger partial charge in [-0.3, -0.25) is 15.4 Å². The predicted octanol–water partition coefficient (Wildman–Crippen LogP) is 2.96. The third kappa shape index (κ3) is 8.26. The molecule has 0 radical (unpaired) electrons. The smallest absolute Gasteiger partial charge is 0.361 e. The number of carbonyl (C=O) groups excluding carboxylic acids is 1. The summed E-state index contributed by atoms with van der Waals surface area (Å²) < 4.78 is 38.2. The number of hydroxylamine groups is 1. The Hall–Kier alpha value is -2.20. The van der Waals surface area contributed by atoms with Crippen LogP contribution in [0.1, 0.15) is 43.7 Å². The minimum Gasteiger partial charge on any atom is -0.361 e. The SMILES string of the molecule is C/C(=N\NC(=S)NCCCCCC(=O)NO)c1cccc(C(F)(F)F)c1. The molecular weight excluding hydrogens is 369 g/mol. The van der Waals surface area contributed by atoms with Gasteiger partial charge in [0.15, 0.2) is 5.11 Å². The van der Waals surface area contributed by atoms with E-state index in [4.69, 9.17) is 17.4 Å². The molecule has 0 saturated heterocycles. The maximum atomic E-state index is 12.7. The fraction of sp³-hybridized carbons (Fsp3) is 0.438. The predicted molar refractivity (Wildman–Crippen MR) is 95.8 cm³/mol. The Labute approximate surface area is 154 Å². The molecule has 0 aliphatic heterocycles. The van der Waals surface area contributed by atoms with Gasteiger partial charge in [0, 0.05) is 13.0 Å². The van der Waals surface area contributed by atoms with Crippen molar-refractivity contribution in [2.24, 2.45) is 5.10 Å². The zero-order valence-electron chi connectivity index (χ0n) is 14.2. The van der Waals surface area contributed by atoms with Crippen molar-refractivity contribution >= 4 is 28.9 Å². The Morgan fingerprint density at radius 3 is 2.65 bits per heavy atom. The first-order chi connectivity index (χ1) is 12.2. The van der Waals surface area contributed by atoms with Crippen LogP contribution in [0.4, 0.5) is 13.2 Å². The van der Waals surface area contributed by atoms with Gasteiger partial charge in [0.25, 0.3) is 0 Å². The van der Waals surface area contributed by atoms with Gasteiger partial charge in [-0.25, -0.2) is 5.48 Å². The molecule has 0 fully saturated rings. The normalized spacial score (nSPS) is 11.8. The van der Waals surface area contributed by atoms with Gasteiger partial charge in [-0.05, 0) is 49.7 Å². The van der Waals surface area contributed by atoms with E-state index in [1.165, 1.54) is 12.1 Å². The number of carbonyl (C=O) groups is 1. The third-order valence-corrected chi connectivity index (χ3v) is 3.66. The monoisotopic (exact) mass is 390 g/mol. The highest BCUT2D eigenvalue weighted by Gasteiger charge is 2.30. The Morgan fingerprint density at radius 1 is 1.27 bits per heavy atom. The molecule has 0 bridgehead atoms. The number of halogens is 3. The lowest BCUT2D eigenvalue weighted by molar-refractivity contribution is -0.137. The molecule has 0 aliphatic carbocycles. The number of hydrogen-bond donors (Lipinski definition) is 4. The Bertz CT molecular complexity index is 651. The second-order valence-corrected chi connectivity index (χ2v) is 5.90. The van der Waals surface area contributed by atoms with Crippen molar-refractivity contribution in [2.75, 3.05) is 6.54 Å². The van der Waals surface area contributed by atoms with Gasteiger partial charge in [0.1, 0.15) is 0 Å². The molecule has 1 rings (SSSR count). The number of thiocarbonyl (C=S) groups is 1. The van der Waals surface area contributed by atoms with Crippen LogP contribution in [0.15, 0.2) is 29.4 Å². The van der Waals surface area contributed by atoms with Crippen molar-refractivity contribution in [3.8, 4) is 0 Å². The molecule has 0 saturated carbocycles. The molecule has 144 valence electrons. The standard InChI is InChI=1S/C16H21F3N4O2S/c1-11(12-6-5-7-13(10-12)16(17,18)19)21-22-15(26)20-9-4-2-3-8-14(24)23-25/h5-7,10,25H,2-4,8-9H2,1H3,(H,23,24)(H2,20,22,26)/b21-11+. The highest BCUT2D eigenvalue weighted by molar-refractivity contribution is 7.80. The van der Waals surface area contributed by atoms with E-state index in [2.05, 4.69) is 15.8 Å². The molecule has 0 aliphatic rings. The van der Waals surface area contributed by atoms with Crippen LogP contribution in [-0.2, 0) is 11.0 Å². The van der Waals surface area contributed by atoms with Gasteiger partial charge >= 0.3 is 6.18 Å². The molecule has 4 N–H and O–H groups in total. The molecule has 6 nitrogen and oxygen atoms in total. The number of amides is 1. The molecule has 0 unspecified atom stereocenters. The molecule has 10 heteroatoms. The summed E-state index contributed by atoms with van der Waals surface area (Å²) in [7, 11) is 0. The minimum absolute atomic E-state index is 0.250. The Balaban J connectivity index is 2.38. The summed E-state index contributed by atoms with van der Waals surface area (Å²) in [5.74, 6) is -0.422. The maximum Gasteiger partial charge on any atom is 0.416 e. The fourth-order valence-electron chi connectivity index (χ4n) is 2.00. The van der Waals surface area contributed by atoms with Gasteiger partial charge in [0.2, 0.25) is 5.91 Å². The van der Waals surface area contributed by atoms with Crippen LogP contribution >= 0.6 is 12.2 Å². The molecule has 0 heterocycles. The number of alkyl halides is 3. The summed E-state index contributed by atoms with van der Waals surface area (Å²) in [6, 6.07) is 4.89. The maximum absolute atomic E-state index is 12.7. The number of hydrogen-bond acceptors (Lipinski definition) is 4. The number of benzene rings is 1. The lowest BCUT2D eigenvalue weighted by Gasteiger charge is -2.10. The quantitative estimate of drug-likeness (QED) is 0.180. The van der Waals surface area contributed by atoms with Crippen LogP contribution in [-0.4, -0.2) is 28.5 Å². The molecule has 0 spiro atoms. The van der Waals surface area contributed by atoms with E-state index in [0.717, 1.165) is 25.0 Å². The summed E-state index contributed by atoms with van der Waals surface area (Å²) >= 11 is 5.04. The molecule has 1 amide bonds. The van der Waals surface area contributed by atoms with Crippen LogP contribution in [0.5, 0.6) is 0 Å². The van der Waals surface area contributed by atoms with E-state index < -0.39 is 17.6 Å². The van der Waals surface area contributed by atoms with Gasteiger partial charge in [0.05, 0.1) is 11.3 Å². The first-order valence-corrected chi connectivity index (χ1v) is 8.33. The number of rotatable bonds is 8. The van der Waals surface area contributed by atoms with Gasteiger partial charge in [-0.15, -0.1) is 0 Å². The number of nitrogens with zero attached hydrogens (tertiary/aromatic N) is 1. The topological polar surface area (TPSA) is 85.8 Å². The van der Waals surface area contributed by atoms with E-state index in [1.54, 1.807) is 12.4 Å². The molecular formula is C16H21F3N4O2S. The summed E-state index contributed by atoms with van der Waals surface area (Å²) in [5, 5.41) is 15.5. The molecule has 1 aromatic carbocycles. The van der Waals surface area contributed by atoms with Crippen molar-refractivity contribution in [1.29, 1.82) is 0 Å². The summed E-state index contributed by atoms with van der Waals surface area (Å²) in [4.78, 5) is 10.8. The zero-order chi connectivity index (χ0) is 19.6. The lowest BCUT2D eigenvalue weighted by Crippen LogP contribution is -2.33. The number of unbranched alkanes of at least 4 members (excludes halogenated alkanes) is 2. The number of hydrazone groups is 1. The van der Waals surface area contributed by atoms with E-state index in [1.807, 2.05) is 0 Å². The average Bonchev–Trinajstić information content (AvgIpc) is 2.61. The number of nitrogens with one attached hydrogen (secondary N) is 3. The summed E-state index contributed by atoms with van der Waals surface area (Å²) in [5.41, 5.74) is 4.13. The lowest BCUT2D eigenvalue weighted by atomic mass is 10.1. The first-order valence-electron chi connectivity index (χ1n) is 7.92. The molecule has 0 aromatic heterocycles. The highest BCUT2D eigenvalue weighted by Crippen LogP contribution is 2.29. The Morgan fingerprint density at radius 2 is 2.00 bits per heavy atom. The second kappa shape index (κ2) is 10.7. The van der Waals surface area contributed by atoms with Crippen LogP contribution in [0, 0.1) is 0 Å². The minimum atomic E-state index is -4.40. The van der Waals surface area contributed by atoms with Crippen molar-refractivity contribution < 1.29 is 23.2 Å². The largest absolute Gasteiger partial charge is 0.416 e. The fourth-order valence-corrected chi connectivity index (χ4v) is 2.15. The van der Waals surface area contributed by atoms with E-state index in [9.17, 15) is 18.0 Å². The van der Waals surface area contributed by atoms with Crippen molar-refractivity contribution in [3.63, 3.8) is 0 Å². The summed E-state index contributed by atoms with van der Waals surface area (Å²) in [6.45, 7) is 2.14. The van der Waals surface area contributed by atoms with Crippen molar-refractivity contribution in [3.05, 3.63) is 35.4 Å².